The standard InChI is InChI=1S/C3Cl4N4O2/c4-9-1(11(6)7)8-2(12)10(5)3(9)13. The number of hydrogen-bond acceptors (Lipinski definition) is 4. The molecule has 1 heterocycles. The van der Waals surface area contributed by atoms with Crippen LogP contribution in [-0.2, 0) is 0 Å². The molecule has 0 aliphatic carbocycles. The van der Waals surface area contributed by atoms with Crippen molar-refractivity contribution in [3.8, 4) is 0 Å². The first-order valence-electron chi connectivity index (χ1n) is 2.65. The second-order valence-electron chi connectivity index (χ2n) is 1.77. The summed E-state index contributed by atoms with van der Waals surface area (Å²) < 4.78 is 0.953. The van der Waals surface area contributed by atoms with Gasteiger partial charge in [0.05, 0.1) is 0 Å². The van der Waals surface area contributed by atoms with Crippen LogP contribution in [0.15, 0.2) is 9.59 Å². The molecule has 0 saturated carbocycles. The Labute approximate surface area is 91.3 Å². The minimum atomic E-state index is -1.02. The smallest absolute Gasteiger partial charge is 0.245 e. The lowest BCUT2D eigenvalue weighted by molar-refractivity contribution is 0.848. The van der Waals surface area contributed by atoms with Gasteiger partial charge in [0.2, 0.25) is 0 Å². The lowest BCUT2D eigenvalue weighted by atomic mass is 10.9. The van der Waals surface area contributed by atoms with E-state index in [0.29, 0.717) is 8.02 Å². The van der Waals surface area contributed by atoms with Gasteiger partial charge in [0.25, 0.3) is 5.95 Å². The minimum Gasteiger partial charge on any atom is -0.245 e. The van der Waals surface area contributed by atoms with Gasteiger partial charge in [-0.3, -0.25) is 0 Å². The van der Waals surface area contributed by atoms with Crippen LogP contribution in [0.4, 0.5) is 5.95 Å². The molecule has 1 aromatic rings. The maximum atomic E-state index is 11.0. The third kappa shape index (κ3) is 1.91. The highest BCUT2D eigenvalue weighted by Gasteiger charge is 2.14. The Balaban J connectivity index is 3.60. The molecular weight excluding hydrogens is 266 g/mol. The van der Waals surface area contributed by atoms with Crippen LogP contribution in [0.25, 0.3) is 0 Å². The first-order valence-corrected chi connectivity index (χ1v) is 4.00. The van der Waals surface area contributed by atoms with Gasteiger partial charge in [-0.05, 0) is 0 Å². The average Bonchev–Trinajstić information content (AvgIpc) is 2.07. The van der Waals surface area contributed by atoms with Gasteiger partial charge in [0.15, 0.2) is 0 Å². The van der Waals surface area contributed by atoms with Gasteiger partial charge in [-0.25, -0.2) is 9.59 Å². The van der Waals surface area contributed by atoms with Crippen molar-refractivity contribution in [3.05, 3.63) is 21.0 Å². The van der Waals surface area contributed by atoms with Crippen LogP contribution in [0.1, 0.15) is 0 Å². The number of nitrogens with zero attached hydrogens (tertiary/aromatic N) is 4. The van der Waals surface area contributed by atoms with Gasteiger partial charge in [-0.1, -0.05) is 0 Å². The van der Waals surface area contributed by atoms with E-state index in [0.717, 1.165) is 0 Å². The molecule has 0 atom stereocenters. The maximum Gasteiger partial charge on any atom is 0.370 e. The van der Waals surface area contributed by atoms with Crippen molar-refractivity contribution < 1.29 is 0 Å². The quantitative estimate of drug-likeness (QED) is 0.695. The summed E-state index contributed by atoms with van der Waals surface area (Å²) in [6.07, 6.45) is 0. The van der Waals surface area contributed by atoms with Crippen molar-refractivity contribution >= 4 is 53.1 Å². The van der Waals surface area contributed by atoms with E-state index >= 15 is 0 Å². The Hall–Kier alpha value is -0.430. The van der Waals surface area contributed by atoms with Crippen molar-refractivity contribution in [3.63, 3.8) is 0 Å². The van der Waals surface area contributed by atoms with Crippen LogP contribution in [0.2, 0.25) is 0 Å². The predicted octanol–water partition coefficient (Wildman–Crippen LogP) is 0.523. The lowest BCUT2D eigenvalue weighted by Gasteiger charge is -2.06. The number of hydrogen-bond donors (Lipinski definition) is 0. The van der Waals surface area contributed by atoms with E-state index in [9.17, 15) is 9.59 Å². The zero-order valence-corrected chi connectivity index (χ0v) is 8.64. The van der Waals surface area contributed by atoms with Crippen LogP contribution in [0.5, 0.6) is 0 Å². The maximum absolute atomic E-state index is 11.0. The fraction of sp³-hybridized carbons (Fsp3) is 0. The van der Waals surface area contributed by atoms with Crippen LogP contribution in [0.3, 0.4) is 0 Å². The Morgan fingerprint density at radius 2 is 1.69 bits per heavy atom. The van der Waals surface area contributed by atoms with E-state index < -0.39 is 17.3 Å². The van der Waals surface area contributed by atoms with E-state index in [1.54, 1.807) is 0 Å². The highest BCUT2D eigenvalue weighted by atomic mass is 35.5. The topological polar surface area (TPSA) is 60.1 Å². The zero-order chi connectivity index (χ0) is 10.2. The first-order chi connectivity index (χ1) is 5.95. The molecule has 1 rings (SSSR count). The molecule has 0 spiro atoms. The molecule has 1 aromatic heterocycles. The Kier molecular flexibility index (Phi) is 3.07. The molecule has 0 aliphatic heterocycles. The van der Waals surface area contributed by atoms with Crippen molar-refractivity contribution in [2.24, 2.45) is 0 Å². The summed E-state index contributed by atoms with van der Waals surface area (Å²) >= 11 is 20.9. The SMILES string of the molecule is O=c1nc(N(Cl)Cl)n(Cl)c(=O)n1Cl. The van der Waals surface area contributed by atoms with Gasteiger partial charge in [-0.2, -0.15) is 13.0 Å². The Morgan fingerprint density at radius 3 is 2.15 bits per heavy atom. The molecule has 6 nitrogen and oxygen atoms in total. The molecule has 0 N–H and O–H groups in total. The van der Waals surface area contributed by atoms with Gasteiger partial charge < -0.3 is 0 Å². The Morgan fingerprint density at radius 1 is 1.15 bits per heavy atom. The molecule has 72 valence electrons. The predicted molar refractivity (Wildman–Crippen MR) is 49.4 cm³/mol. The highest BCUT2D eigenvalue weighted by molar-refractivity contribution is 6.49. The summed E-state index contributed by atoms with van der Waals surface area (Å²) in [5, 5.41) is 0. The lowest BCUT2D eigenvalue weighted by Crippen LogP contribution is -2.36. The highest BCUT2D eigenvalue weighted by Crippen LogP contribution is 2.12. The van der Waals surface area contributed by atoms with Gasteiger partial charge >= 0.3 is 11.4 Å². The molecule has 0 amide bonds. The number of anilines is 1. The minimum absolute atomic E-state index is 0.188. The summed E-state index contributed by atoms with van der Waals surface area (Å²) in [4.78, 5) is 25.0. The average molecular weight is 266 g/mol. The fourth-order valence-electron chi connectivity index (χ4n) is 0.522. The molecule has 0 fully saturated rings. The van der Waals surface area contributed by atoms with Crippen LogP contribution in [0, 0.1) is 0 Å². The molecule has 0 unspecified atom stereocenters. The van der Waals surface area contributed by atoms with Crippen molar-refractivity contribution in [1.82, 2.24) is 13.2 Å². The number of rotatable bonds is 1. The zero-order valence-electron chi connectivity index (χ0n) is 5.62. The molecular formula is C3Cl4N4O2. The summed E-state index contributed by atoms with van der Waals surface area (Å²) in [6.45, 7) is 0. The molecule has 13 heavy (non-hydrogen) atoms. The van der Waals surface area contributed by atoms with E-state index in [-0.39, 0.29) is 4.09 Å². The van der Waals surface area contributed by atoms with Crippen LogP contribution < -0.4 is 15.3 Å². The molecule has 10 heteroatoms. The van der Waals surface area contributed by atoms with Crippen LogP contribution in [-0.4, -0.2) is 13.2 Å². The summed E-state index contributed by atoms with van der Waals surface area (Å²) in [7, 11) is 0. The summed E-state index contributed by atoms with van der Waals surface area (Å²) in [6, 6.07) is 0. The van der Waals surface area contributed by atoms with E-state index in [1.807, 2.05) is 0 Å². The first kappa shape index (κ1) is 10.6. The van der Waals surface area contributed by atoms with Gasteiger partial charge in [-0.15, -0.1) is 4.09 Å². The van der Waals surface area contributed by atoms with E-state index in [1.165, 1.54) is 0 Å². The van der Waals surface area contributed by atoms with Crippen molar-refractivity contribution in [2.75, 3.05) is 3.94 Å². The summed E-state index contributed by atoms with van der Waals surface area (Å²) in [5.41, 5.74) is -2.03. The monoisotopic (exact) mass is 264 g/mol. The second kappa shape index (κ2) is 3.75. The second-order valence-corrected chi connectivity index (χ2v) is 3.30. The van der Waals surface area contributed by atoms with Gasteiger partial charge in [0, 0.05) is 47.1 Å². The third-order valence-electron chi connectivity index (χ3n) is 1.03. The van der Waals surface area contributed by atoms with Crippen LogP contribution >= 0.6 is 47.1 Å². The van der Waals surface area contributed by atoms with E-state index in [2.05, 4.69) is 4.98 Å². The third-order valence-corrected chi connectivity index (χ3v) is 1.91. The van der Waals surface area contributed by atoms with Crippen molar-refractivity contribution in [2.45, 2.75) is 0 Å². The van der Waals surface area contributed by atoms with Gasteiger partial charge in [0.1, 0.15) is 0 Å². The Bertz CT molecular complexity index is 436. The van der Waals surface area contributed by atoms with E-state index in [4.69, 9.17) is 47.1 Å². The molecule has 0 aliphatic rings. The van der Waals surface area contributed by atoms with Crippen molar-refractivity contribution in [1.29, 1.82) is 0 Å². The summed E-state index contributed by atoms with van der Waals surface area (Å²) in [5.74, 6) is -0.433. The molecule has 0 radical (unpaired) electrons. The molecule has 0 saturated heterocycles. The molecule has 0 aromatic carbocycles. The molecule has 0 bridgehead atoms. The normalized spacial score (nSPS) is 10.2. The largest absolute Gasteiger partial charge is 0.370 e. The number of aromatic nitrogens is 3. The fourth-order valence-corrected chi connectivity index (χ4v) is 1.17. The number of halogens is 4.